The Labute approximate surface area is 97.7 Å². The normalized spacial score (nSPS) is 12.2. The highest BCUT2D eigenvalue weighted by Gasteiger charge is 2.23. The summed E-state index contributed by atoms with van der Waals surface area (Å²) in [5, 5.41) is 2.79. The lowest BCUT2D eigenvalue weighted by atomic mass is 10.1. The van der Waals surface area contributed by atoms with Crippen LogP contribution >= 0.6 is 0 Å². The molecule has 4 nitrogen and oxygen atoms in total. The smallest absolute Gasteiger partial charge is 0.376 e. The maximum absolute atomic E-state index is 11.5. The van der Waals surface area contributed by atoms with Crippen LogP contribution in [-0.4, -0.2) is 31.4 Å². The molecule has 0 bridgehead atoms. The van der Waals surface area contributed by atoms with Gasteiger partial charge in [-0.3, -0.25) is 4.79 Å². The highest BCUT2D eigenvalue weighted by Crippen LogP contribution is 2.00. The summed E-state index contributed by atoms with van der Waals surface area (Å²) >= 11 is 0. The van der Waals surface area contributed by atoms with Crippen molar-refractivity contribution < 1.29 is 14.3 Å². The molecule has 0 heterocycles. The van der Waals surface area contributed by atoms with Crippen molar-refractivity contribution in [2.75, 3.05) is 13.7 Å². The van der Waals surface area contributed by atoms with Crippen molar-refractivity contribution in [3.8, 4) is 0 Å². The molecule has 1 atom stereocenters. The van der Waals surface area contributed by atoms with Crippen LogP contribution in [0.15, 0.2) is 0 Å². The van der Waals surface area contributed by atoms with Gasteiger partial charge in [-0.2, -0.15) is 0 Å². The van der Waals surface area contributed by atoms with Gasteiger partial charge in [-0.05, 0) is 19.9 Å². The second-order valence-corrected chi connectivity index (χ2v) is 3.81. The molecule has 4 heteroatoms. The first-order valence-electron chi connectivity index (χ1n) is 6.05. The zero-order valence-corrected chi connectivity index (χ0v) is 10.5. The highest BCUT2D eigenvalue weighted by molar-refractivity contribution is 6.35. The van der Waals surface area contributed by atoms with E-state index in [9.17, 15) is 9.59 Å². The van der Waals surface area contributed by atoms with E-state index in [1.165, 1.54) is 0 Å². The van der Waals surface area contributed by atoms with Crippen molar-refractivity contribution in [1.82, 2.24) is 5.32 Å². The first-order chi connectivity index (χ1) is 7.67. The maximum Gasteiger partial charge on any atom is 0.376 e. The first-order valence-corrected chi connectivity index (χ1v) is 6.05. The lowest BCUT2D eigenvalue weighted by Gasteiger charge is -2.11. The van der Waals surface area contributed by atoms with Crippen molar-refractivity contribution in [1.29, 1.82) is 0 Å². The third kappa shape index (κ3) is 5.85. The van der Waals surface area contributed by atoms with Gasteiger partial charge in [0.25, 0.3) is 5.78 Å². The lowest BCUT2D eigenvalue weighted by Crippen LogP contribution is -2.39. The molecule has 0 saturated carbocycles. The lowest BCUT2D eigenvalue weighted by molar-refractivity contribution is -0.154. The molecule has 0 amide bonds. The minimum absolute atomic E-state index is 0.352. The summed E-state index contributed by atoms with van der Waals surface area (Å²) < 4.78 is 4.91. The first kappa shape index (κ1) is 15.1. The number of ketones is 1. The van der Waals surface area contributed by atoms with Crippen molar-refractivity contribution in [2.24, 2.45) is 0 Å². The molecule has 0 aliphatic heterocycles. The Bertz CT molecular complexity index is 212. The van der Waals surface area contributed by atoms with Crippen LogP contribution in [-0.2, 0) is 14.3 Å². The fourth-order valence-electron chi connectivity index (χ4n) is 1.43. The Kier molecular flexibility index (Phi) is 8.81. The molecule has 0 aliphatic rings. The molecule has 16 heavy (non-hydrogen) atoms. The summed E-state index contributed by atoms with van der Waals surface area (Å²) in [5.74, 6) is -1.18. The Morgan fingerprint density at radius 2 is 1.88 bits per heavy atom. The Morgan fingerprint density at radius 3 is 2.38 bits per heavy atom. The van der Waals surface area contributed by atoms with Gasteiger partial charge in [0.15, 0.2) is 0 Å². The minimum Gasteiger partial charge on any atom is -0.460 e. The second kappa shape index (κ2) is 9.33. The Morgan fingerprint density at radius 1 is 1.19 bits per heavy atom. The van der Waals surface area contributed by atoms with Crippen molar-refractivity contribution >= 4 is 11.8 Å². The fourth-order valence-corrected chi connectivity index (χ4v) is 1.43. The third-order valence-corrected chi connectivity index (χ3v) is 2.51. The highest BCUT2D eigenvalue weighted by atomic mass is 16.5. The number of hydrogen-bond donors (Lipinski definition) is 1. The van der Waals surface area contributed by atoms with Crippen molar-refractivity contribution in [3.63, 3.8) is 0 Å². The van der Waals surface area contributed by atoms with Crippen LogP contribution in [0, 0.1) is 0 Å². The van der Waals surface area contributed by atoms with E-state index >= 15 is 0 Å². The summed E-state index contributed by atoms with van der Waals surface area (Å²) in [6.07, 6.45) is 4.76. The molecule has 0 fully saturated rings. The molecule has 1 unspecified atom stereocenters. The number of nitrogens with one attached hydrogen (secondary N) is 1. The van der Waals surface area contributed by atoms with Gasteiger partial charge in [0.05, 0.1) is 12.6 Å². The van der Waals surface area contributed by atoms with E-state index in [0.29, 0.717) is 13.0 Å². The maximum atomic E-state index is 11.5. The average molecular weight is 229 g/mol. The zero-order valence-electron chi connectivity index (χ0n) is 10.5. The van der Waals surface area contributed by atoms with Crippen molar-refractivity contribution in [2.45, 2.75) is 52.0 Å². The quantitative estimate of drug-likeness (QED) is 0.371. The second-order valence-electron chi connectivity index (χ2n) is 3.81. The van der Waals surface area contributed by atoms with Gasteiger partial charge < -0.3 is 10.1 Å². The summed E-state index contributed by atoms with van der Waals surface area (Å²) in [4.78, 5) is 22.8. The summed E-state index contributed by atoms with van der Waals surface area (Å²) in [6, 6.07) is -0.414. The van der Waals surface area contributed by atoms with E-state index in [1.807, 2.05) is 6.92 Å². The molecule has 0 radical (unpaired) electrons. The topological polar surface area (TPSA) is 55.4 Å². The number of ether oxygens (including phenoxy) is 1. The standard InChI is InChI=1S/C12H23NO3/c1-4-6-7-8-9-16-12(15)11(14)10(5-2)13-3/h10,13H,4-9H2,1-3H3. The molecule has 1 N–H and O–H groups in total. The molecule has 0 rings (SSSR count). The van der Waals surface area contributed by atoms with Crippen molar-refractivity contribution in [3.05, 3.63) is 0 Å². The van der Waals surface area contributed by atoms with Gasteiger partial charge >= 0.3 is 5.97 Å². The van der Waals surface area contributed by atoms with Crippen LogP contribution in [0.4, 0.5) is 0 Å². The molecule has 0 aromatic carbocycles. The van der Waals surface area contributed by atoms with Gasteiger partial charge in [-0.1, -0.05) is 33.1 Å². The monoisotopic (exact) mass is 229 g/mol. The zero-order chi connectivity index (χ0) is 12.4. The molecular weight excluding hydrogens is 206 g/mol. The van der Waals surface area contributed by atoms with Crippen LogP contribution in [0.5, 0.6) is 0 Å². The van der Waals surface area contributed by atoms with Gasteiger partial charge in [0, 0.05) is 0 Å². The number of carbonyl (C=O) groups is 2. The molecule has 94 valence electrons. The Hall–Kier alpha value is -0.900. The van der Waals surface area contributed by atoms with Gasteiger partial charge in [-0.15, -0.1) is 0 Å². The van der Waals surface area contributed by atoms with E-state index in [1.54, 1.807) is 7.05 Å². The fraction of sp³-hybridized carbons (Fsp3) is 0.833. The SMILES string of the molecule is CCCCCCOC(=O)C(=O)C(CC)NC. The van der Waals surface area contributed by atoms with E-state index < -0.39 is 17.8 Å². The number of carbonyl (C=O) groups excluding carboxylic acids is 2. The minimum atomic E-state index is -0.710. The van der Waals surface area contributed by atoms with Crippen LogP contribution in [0.25, 0.3) is 0 Å². The average Bonchev–Trinajstić information content (AvgIpc) is 2.30. The molecule has 0 aliphatic carbocycles. The molecule has 0 aromatic heterocycles. The van der Waals surface area contributed by atoms with E-state index in [-0.39, 0.29) is 0 Å². The number of likely N-dealkylation sites (N-methyl/N-ethyl adjacent to an activating group) is 1. The molecule has 0 saturated heterocycles. The van der Waals surface area contributed by atoms with E-state index in [4.69, 9.17) is 4.74 Å². The van der Waals surface area contributed by atoms with Crippen LogP contribution in [0.3, 0.4) is 0 Å². The molecular formula is C12H23NO3. The molecule has 0 aromatic rings. The number of unbranched alkanes of at least 4 members (excludes halogenated alkanes) is 3. The number of rotatable bonds is 9. The van der Waals surface area contributed by atoms with Gasteiger partial charge in [0.1, 0.15) is 0 Å². The van der Waals surface area contributed by atoms with E-state index in [0.717, 1.165) is 25.7 Å². The van der Waals surface area contributed by atoms with E-state index in [2.05, 4.69) is 12.2 Å². The summed E-state index contributed by atoms with van der Waals surface area (Å²) in [5.41, 5.74) is 0. The summed E-state index contributed by atoms with van der Waals surface area (Å²) in [7, 11) is 1.67. The Balaban J connectivity index is 3.75. The van der Waals surface area contributed by atoms with Crippen LogP contribution in [0.2, 0.25) is 0 Å². The van der Waals surface area contributed by atoms with Gasteiger partial charge in [-0.25, -0.2) is 4.79 Å². The third-order valence-electron chi connectivity index (χ3n) is 2.51. The van der Waals surface area contributed by atoms with Crippen LogP contribution < -0.4 is 5.32 Å². The predicted molar refractivity (Wildman–Crippen MR) is 63.2 cm³/mol. The van der Waals surface area contributed by atoms with Gasteiger partial charge in [0.2, 0.25) is 0 Å². The largest absolute Gasteiger partial charge is 0.460 e. The predicted octanol–water partition coefficient (Wildman–Crippen LogP) is 1.68. The summed E-state index contributed by atoms with van der Waals surface area (Å²) in [6.45, 7) is 4.33. The number of Topliss-reactive ketones (excluding diaryl/α,β-unsaturated/α-hetero) is 1. The number of esters is 1. The van der Waals surface area contributed by atoms with Crippen LogP contribution in [0.1, 0.15) is 46.0 Å². The number of hydrogen-bond acceptors (Lipinski definition) is 4. The molecule has 0 spiro atoms.